The highest BCUT2D eigenvalue weighted by Gasteiger charge is 2.27. The monoisotopic (exact) mass is 234 g/mol. The summed E-state index contributed by atoms with van der Waals surface area (Å²) in [6.45, 7) is 0. The van der Waals surface area contributed by atoms with Crippen LogP contribution >= 0.6 is 0 Å². The Balaban J connectivity index is 2.24. The van der Waals surface area contributed by atoms with Crippen molar-refractivity contribution in [2.45, 2.75) is 18.9 Å². The normalized spacial score (nSPS) is 19.9. The maximum Gasteiger partial charge on any atom is 0.269 e. The van der Waals surface area contributed by atoms with Crippen molar-refractivity contribution >= 4 is 17.4 Å². The second kappa shape index (κ2) is 4.32. The lowest BCUT2D eigenvalue weighted by Gasteiger charge is -2.22. The van der Waals surface area contributed by atoms with Crippen LogP contribution in [0.3, 0.4) is 0 Å². The van der Waals surface area contributed by atoms with Crippen LogP contribution in [0.5, 0.6) is 0 Å². The van der Waals surface area contributed by atoms with Gasteiger partial charge in [0.15, 0.2) is 5.78 Å². The molecule has 0 unspecified atom stereocenters. The second-order valence-corrected chi connectivity index (χ2v) is 3.82. The Labute approximate surface area is 96.8 Å². The number of carbonyl (C=O) groups is 2. The minimum absolute atomic E-state index is 0.0386. The topological polar surface area (TPSA) is 89.3 Å². The first-order valence-corrected chi connectivity index (χ1v) is 5.14. The molecule has 1 aliphatic heterocycles. The van der Waals surface area contributed by atoms with E-state index >= 15 is 0 Å². The molecule has 0 saturated carbocycles. The van der Waals surface area contributed by atoms with Crippen molar-refractivity contribution in [2.75, 3.05) is 0 Å². The quantitative estimate of drug-likeness (QED) is 0.613. The lowest BCUT2D eigenvalue weighted by Crippen LogP contribution is -2.38. The Morgan fingerprint density at radius 2 is 1.82 bits per heavy atom. The molecule has 1 amide bonds. The zero-order valence-electron chi connectivity index (χ0n) is 8.88. The molecule has 6 nitrogen and oxygen atoms in total. The molecule has 1 aromatic rings. The van der Waals surface area contributed by atoms with Gasteiger partial charge in [-0.1, -0.05) is 0 Å². The van der Waals surface area contributed by atoms with E-state index in [-0.39, 0.29) is 30.2 Å². The summed E-state index contributed by atoms with van der Waals surface area (Å²) in [5, 5.41) is 13.0. The van der Waals surface area contributed by atoms with E-state index in [9.17, 15) is 19.7 Å². The van der Waals surface area contributed by atoms with Gasteiger partial charge in [0.1, 0.15) is 6.04 Å². The van der Waals surface area contributed by atoms with Crippen LogP contribution in [-0.4, -0.2) is 16.6 Å². The fraction of sp³-hybridized carbons (Fsp3) is 0.273. The lowest BCUT2D eigenvalue weighted by atomic mass is 9.96. The SMILES string of the molecule is O=C1CCC(=O)[C@@H](c2ccc([N+](=O)[O-])cc2)N1. The Morgan fingerprint density at radius 1 is 1.18 bits per heavy atom. The summed E-state index contributed by atoms with van der Waals surface area (Å²) in [6.07, 6.45) is 0.426. The summed E-state index contributed by atoms with van der Waals surface area (Å²) in [5.74, 6) is -0.244. The third-order valence-electron chi connectivity index (χ3n) is 2.66. The number of hydrogen-bond acceptors (Lipinski definition) is 4. The van der Waals surface area contributed by atoms with Gasteiger partial charge in [-0.2, -0.15) is 0 Å². The average Bonchev–Trinajstić information content (AvgIpc) is 2.32. The van der Waals surface area contributed by atoms with E-state index in [1.165, 1.54) is 24.3 Å². The molecule has 0 radical (unpaired) electrons. The molecule has 1 fully saturated rings. The zero-order valence-corrected chi connectivity index (χ0v) is 8.88. The first-order valence-electron chi connectivity index (χ1n) is 5.14. The van der Waals surface area contributed by atoms with E-state index in [4.69, 9.17) is 0 Å². The number of rotatable bonds is 2. The van der Waals surface area contributed by atoms with Gasteiger partial charge < -0.3 is 5.32 Å². The third-order valence-corrected chi connectivity index (χ3v) is 2.66. The smallest absolute Gasteiger partial charge is 0.269 e. The zero-order chi connectivity index (χ0) is 12.4. The van der Waals surface area contributed by atoms with Crippen LogP contribution in [0, 0.1) is 10.1 Å². The number of piperidine rings is 1. The number of amides is 1. The van der Waals surface area contributed by atoms with Crippen LogP contribution in [0.2, 0.25) is 0 Å². The number of nitro groups is 1. The largest absolute Gasteiger partial charge is 0.342 e. The van der Waals surface area contributed by atoms with Gasteiger partial charge in [0.2, 0.25) is 5.91 Å². The van der Waals surface area contributed by atoms with Crippen molar-refractivity contribution < 1.29 is 14.5 Å². The highest BCUT2D eigenvalue weighted by Crippen LogP contribution is 2.22. The predicted octanol–water partition coefficient (Wildman–Crippen LogP) is 1.11. The van der Waals surface area contributed by atoms with Crippen molar-refractivity contribution in [1.82, 2.24) is 5.32 Å². The summed E-state index contributed by atoms with van der Waals surface area (Å²) in [7, 11) is 0. The minimum atomic E-state index is -0.669. The number of hydrogen-bond donors (Lipinski definition) is 1. The molecule has 1 aromatic carbocycles. The molecule has 0 bridgehead atoms. The Hall–Kier alpha value is -2.24. The van der Waals surface area contributed by atoms with E-state index in [1.807, 2.05) is 0 Å². The molecule has 1 heterocycles. The van der Waals surface area contributed by atoms with Crippen molar-refractivity contribution in [2.24, 2.45) is 0 Å². The molecule has 0 spiro atoms. The van der Waals surface area contributed by atoms with Crippen molar-refractivity contribution in [3.8, 4) is 0 Å². The number of ketones is 1. The predicted molar refractivity (Wildman–Crippen MR) is 58.2 cm³/mol. The van der Waals surface area contributed by atoms with E-state index < -0.39 is 11.0 Å². The van der Waals surface area contributed by atoms with Crippen LogP contribution < -0.4 is 5.32 Å². The van der Waals surface area contributed by atoms with E-state index in [0.717, 1.165) is 0 Å². The van der Waals surface area contributed by atoms with Crippen molar-refractivity contribution in [3.63, 3.8) is 0 Å². The molecular formula is C11H10N2O4. The fourth-order valence-corrected chi connectivity index (χ4v) is 1.75. The van der Waals surface area contributed by atoms with Crippen LogP contribution in [0.15, 0.2) is 24.3 Å². The highest BCUT2D eigenvalue weighted by molar-refractivity contribution is 5.95. The summed E-state index contributed by atoms with van der Waals surface area (Å²) in [4.78, 5) is 32.8. The Morgan fingerprint density at radius 3 is 2.41 bits per heavy atom. The number of Topliss-reactive ketones (excluding diaryl/α,β-unsaturated/α-hetero) is 1. The Bertz CT molecular complexity index is 481. The first kappa shape index (κ1) is 11.3. The van der Waals surface area contributed by atoms with Gasteiger partial charge in [-0.3, -0.25) is 19.7 Å². The number of nitrogens with zero attached hydrogens (tertiary/aromatic N) is 1. The van der Waals surface area contributed by atoms with E-state index in [1.54, 1.807) is 0 Å². The molecule has 17 heavy (non-hydrogen) atoms. The van der Waals surface area contributed by atoms with Gasteiger partial charge in [0.05, 0.1) is 4.92 Å². The number of non-ortho nitro benzene ring substituents is 1. The number of carbonyl (C=O) groups excluding carboxylic acids is 2. The average molecular weight is 234 g/mol. The number of nitrogens with one attached hydrogen (secondary N) is 1. The summed E-state index contributed by atoms with van der Waals surface area (Å²) >= 11 is 0. The van der Waals surface area contributed by atoms with Gasteiger partial charge in [-0.25, -0.2) is 0 Å². The molecule has 1 saturated heterocycles. The van der Waals surface area contributed by atoms with Crippen LogP contribution in [-0.2, 0) is 9.59 Å². The van der Waals surface area contributed by atoms with Gasteiger partial charge in [-0.05, 0) is 17.7 Å². The van der Waals surface area contributed by atoms with Crippen molar-refractivity contribution in [1.29, 1.82) is 0 Å². The van der Waals surface area contributed by atoms with Gasteiger partial charge in [0, 0.05) is 25.0 Å². The molecule has 2 rings (SSSR count). The Kier molecular flexibility index (Phi) is 2.86. The molecule has 88 valence electrons. The maximum absolute atomic E-state index is 11.6. The molecule has 1 aliphatic rings. The standard InChI is InChI=1S/C11H10N2O4/c14-9-5-6-10(15)12-11(9)7-1-3-8(4-2-7)13(16)17/h1-4,11H,5-6H2,(H,12,15)/t11-/m1/s1. The van der Waals surface area contributed by atoms with E-state index in [2.05, 4.69) is 5.32 Å². The van der Waals surface area contributed by atoms with Crippen LogP contribution in [0.25, 0.3) is 0 Å². The number of nitro benzene ring substituents is 1. The molecule has 0 aliphatic carbocycles. The van der Waals surface area contributed by atoms with Crippen LogP contribution in [0.1, 0.15) is 24.4 Å². The van der Waals surface area contributed by atoms with Crippen molar-refractivity contribution in [3.05, 3.63) is 39.9 Å². The molecule has 1 atom stereocenters. The van der Waals surface area contributed by atoms with Crippen LogP contribution in [0.4, 0.5) is 5.69 Å². The van der Waals surface area contributed by atoms with Gasteiger partial charge >= 0.3 is 0 Å². The summed E-state index contributed by atoms with van der Waals surface area (Å²) < 4.78 is 0. The van der Waals surface area contributed by atoms with Gasteiger partial charge in [0.25, 0.3) is 5.69 Å². The van der Waals surface area contributed by atoms with Gasteiger partial charge in [-0.15, -0.1) is 0 Å². The third kappa shape index (κ3) is 2.30. The molecular weight excluding hydrogens is 224 g/mol. The maximum atomic E-state index is 11.6. The first-order chi connectivity index (χ1) is 8.08. The minimum Gasteiger partial charge on any atom is -0.342 e. The summed E-state index contributed by atoms with van der Waals surface area (Å²) in [5.41, 5.74) is 0.539. The molecule has 1 N–H and O–H groups in total. The summed E-state index contributed by atoms with van der Waals surface area (Å²) in [6, 6.07) is 4.96. The molecule has 6 heteroatoms. The highest BCUT2D eigenvalue weighted by atomic mass is 16.6. The van der Waals surface area contributed by atoms with E-state index in [0.29, 0.717) is 5.56 Å². The second-order valence-electron chi connectivity index (χ2n) is 3.82. The fourth-order valence-electron chi connectivity index (χ4n) is 1.75. The number of benzene rings is 1. The molecule has 0 aromatic heterocycles. The lowest BCUT2D eigenvalue weighted by molar-refractivity contribution is -0.384.